The lowest BCUT2D eigenvalue weighted by molar-refractivity contribution is 0.666. The molecule has 0 amide bonds. The first kappa shape index (κ1) is 13.6. The van der Waals surface area contributed by atoms with Crippen LogP contribution in [0.3, 0.4) is 0 Å². The quantitative estimate of drug-likeness (QED) is 0.260. The van der Waals surface area contributed by atoms with Crippen molar-refractivity contribution in [3.63, 3.8) is 0 Å². The molecule has 0 saturated carbocycles. The molecule has 0 bridgehead atoms. The van der Waals surface area contributed by atoms with Gasteiger partial charge >= 0.3 is 0 Å². The van der Waals surface area contributed by atoms with Crippen LogP contribution in [0.25, 0.3) is 21.9 Å². The van der Waals surface area contributed by atoms with Crippen molar-refractivity contribution >= 4 is 102 Å². The number of halogens is 5. The van der Waals surface area contributed by atoms with Crippen molar-refractivity contribution in [2.75, 3.05) is 0 Å². The number of fused-ring (bicyclic) bond motifs is 3. The van der Waals surface area contributed by atoms with Crippen molar-refractivity contribution in [1.82, 2.24) is 0 Å². The van der Waals surface area contributed by atoms with Crippen molar-refractivity contribution < 1.29 is 4.42 Å². The second-order valence-corrected chi connectivity index (χ2v) is 7.84. The summed E-state index contributed by atoms with van der Waals surface area (Å²) in [6, 6.07) is 5.93. The molecular formula is C12H3Br5O. The molecule has 3 rings (SSSR count). The third-order valence-electron chi connectivity index (χ3n) is 2.65. The fourth-order valence-corrected chi connectivity index (χ4v) is 4.44. The van der Waals surface area contributed by atoms with Crippen LogP contribution in [0.2, 0.25) is 0 Å². The van der Waals surface area contributed by atoms with Crippen LogP contribution in [0.1, 0.15) is 0 Å². The fraction of sp³-hybridized carbons (Fsp3) is 0. The standard InChI is InChI=1S/C12H3Br5O/c13-4-1-2-7-9(10(4)16)8-5(14)3-6(15)11(17)12(8)18-7/h1-3H. The smallest absolute Gasteiger partial charge is 0.151 e. The van der Waals surface area contributed by atoms with Crippen LogP contribution in [-0.2, 0) is 0 Å². The van der Waals surface area contributed by atoms with E-state index in [2.05, 4.69) is 79.6 Å². The fourth-order valence-electron chi connectivity index (χ4n) is 1.86. The zero-order valence-electron chi connectivity index (χ0n) is 8.53. The molecule has 0 atom stereocenters. The lowest BCUT2D eigenvalue weighted by Gasteiger charge is -2.01. The van der Waals surface area contributed by atoms with Crippen LogP contribution < -0.4 is 0 Å². The largest absolute Gasteiger partial charge is 0.455 e. The third kappa shape index (κ3) is 1.95. The molecule has 0 radical (unpaired) electrons. The second-order valence-electron chi connectivity index (χ2n) is 3.69. The Labute approximate surface area is 145 Å². The molecule has 3 aromatic rings. The predicted molar refractivity (Wildman–Crippen MR) is 92.2 cm³/mol. The van der Waals surface area contributed by atoms with Crippen molar-refractivity contribution in [1.29, 1.82) is 0 Å². The summed E-state index contributed by atoms with van der Waals surface area (Å²) in [4.78, 5) is 0. The zero-order chi connectivity index (χ0) is 13.0. The van der Waals surface area contributed by atoms with E-state index in [4.69, 9.17) is 4.42 Å². The summed E-state index contributed by atoms with van der Waals surface area (Å²) < 4.78 is 10.8. The number of furan rings is 1. The SMILES string of the molecule is Brc1cc(Br)c2c(oc3ccc(Br)c(Br)c32)c1Br. The molecule has 92 valence electrons. The van der Waals surface area contributed by atoms with Gasteiger partial charge < -0.3 is 4.42 Å². The maximum atomic E-state index is 5.92. The van der Waals surface area contributed by atoms with Gasteiger partial charge in [0.25, 0.3) is 0 Å². The monoisotopic (exact) mass is 558 g/mol. The van der Waals surface area contributed by atoms with Crippen molar-refractivity contribution in [3.05, 3.63) is 40.6 Å². The summed E-state index contributed by atoms with van der Waals surface area (Å²) in [7, 11) is 0. The van der Waals surface area contributed by atoms with Gasteiger partial charge in [-0.05, 0) is 97.8 Å². The molecule has 2 aromatic carbocycles. The Kier molecular flexibility index (Phi) is 3.69. The average Bonchev–Trinajstić information content (AvgIpc) is 2.72. The molecule has 0 saturated heterocycles. The van der Waals surface area contributed by atoms with Crippen LogP contribution in [0.5, 0.6) is 0 Å². The summed E-state index contributed by atoms with van der Waals surface area (Å²) >= 11 is 17.8. The van der Waals surface area contributed by atoms with Gasteiger partial charge in [-0.25, -0.2) is 0 Å². The molecule has 0 aliphatic carbocycles. The maximum Gasteiger partial charge on any atom is 0.151 e. The summed E-state index contributed by atoms with van der Waals surface area (Å²) in [5, 5.41) is 2.10. The van der Waals surface area contributed by atoms with Gasteiger partial charge in [0.2, 0.25) is 0 Å². The van der Waals surface area contributed by atoms with E-state index in [0.29, 0.717) is 0 Å². The predicted octanol–water partition coefficient (Wildman–Crippen LogP) is 7.40. The molecule has 1 nitrogen and oxygen atoms in total. The van der Waals surface area contributed by atoms with E-state index in [9.17, 15) is 0 Å². The van der Waals surface area contributed by atoms with E-state index >= 15 is 0 Å². The highest BCUT2D eigenvalue weighted by atomic mass is 79.9. The first-order valence-corrected chi connectivity index (χ1v) is 8.81. The topological polar surface area (TPSA) is 13.1 Å². The summed E-state index contributed by atoms with van der Waals surface area (Å²) in [6.07, 6.45) is 0. The van der Waals surface area contributed by atoms with E-state index in [1.165, 1.54) is 0 Å². The van der Waals surface area contributed by atoms with Crippen molar-refractivity contribution in [3.8, 4) is 0 Å². The Bertz CT molecular complexity index is 790. The van der Waals surface area contributed by atoms with Gasteiger partial charge in [-0.1, -0.05) is 0 Å². The van der Waals surface area contributed by atoms with Crippen LogP contribution in [0.4, 0.5) is 0 Å². The first-order chi connectivity index (χ1) is 8.50. The lowest BCUT2D eigenvalue weighted by Crippen LogP contribution is -1.76. The van der Waals surface area contributed by atoms with E-state index < -0.39 is 0 Å². The number of hydrogen-bond donors (Lipinski definition) is 0. The van der Waals surface area contributed by atoms with Gasteiger partial charge in [0.15, 0.2) is 5.58 Å². The van der Waals surface area contributed by atoms with Crippen LogP contribution in [-0.4, -0.2) is 0 Å². The normalized spacial score (nSPS) is 11.6. The Morgan fingerprint density at radius 3 is 2.17 bits per heavy atom. The molecule has 0 fully saturated rings. The third-order valence-corrected chi connectivity index (χ3v) is 7.23. The van der Waals surface area contributed by atoms with Gasteiger partial charge in [0, 0.05) is 28.7 Å². The van der Waals surface area contributed by atoms with Crippen molar-refractivity contribution in [2.45, 2.75) is 0 Å². The highest BCUT2D eigenvalue weighted by Crippen LogP contribution is 2.45. The van der Waals surface area contributed by atoms with Gasteiger partial charge in [0.05, 0.1) is 4.47 Å². The molecule has 1 aromatic heterocycles. The van der Waals surface area contributed by atoms with Crippen molar-refractivity contribution in [2.24, 2.45) is 0 Å². The molecule has 0 N–H and O–H groups in total. The minimum atomic E-state index is 0.824. The van der Waals surface area contributed by atoms with E-state index in [1.54, 1.807) is 0 Å². The average molecular weight is 563 g/mol. The van der Waals surface area contributed by atoms with E-state index in [-0.39, 0.29) is 0 Å². The van der Waals surface area contributed by atoms with Crippen LogP contribution >= 0.6 is 79.6 Å². The van der Waals surface area contributed by atoms with Gasteiger partial charge in [-0.15, -0.1) is 0 Å². The number of hydrogen-bond acceptors (Lipinski definition) is 1. The van der Waals surface area contributed by atoms with Crippen LogP contribution in [0, 0.1) is 0 Å². The van der Waals surface area contributed by atoms with Gasteiger partial charge in [0.1, 0.15) is 5.58 Å². The zero-order valence-corrected chi connectivity index (χ0v) is 16.5. The molecule has 18 heavy (non-hydrogen) atoms. The number of rotatable bonds is 0. The Balaban J connectivity index is 2.66. The van der Waals surface area contributed by atoms with Gasteiger partial charge in [-0.3, -0.25) is 0 Å². The molecule has 0 unspecified atom stereocenters. The Hall–Kier alpha value is 0.640. The highest BCUT2D eigenvalue weighted by Gasteiger charge is 2.18. The van der Waals surface area contributed by atoms with Gasteiger partial charge in [-0.2, -0.15) is 0 Å². The minimum Gasteiger partial charge on any atom is -0.455 e. The summed E-state index contributed by atoms with van der Waals surface area (Å²) in [6.45, 7) is 0. The molecule has 1 heterocycles. The molecular weight excluding hydrogens is 560 g/mol. The highest BCUT2D eigenvalue weighted by molar-refractivity contribution is 9.13. The first-order valence-electron chi connectivity index (χ1n) is 4.84. The molecule has 0 spiro atoms. The molecule has 0 aliphatic rings. The maximum absolute atomic E-state index is 5.92. The number of benzene rings is 2. The summed E-state index contributed by atoms with van der Waals surface area (Å²) in [5.41, 5.74) is 1.67. The van der Waals surface area contributed by atoms with E-state index in [1.807, 2.05) is 18.2 Å². The van der Waals surface area contributed by atoms with E-state index in [0.717, 1.165) is 44.3 Å². The minimum absolute atomic E-state index is 0.824. The summed E-state index contributed by atoms with van der Waals surface area (Å²) in [5.74, 6) is 0. The van der Waals surface area contributed by atoms with Crippen LogP contribution in [0.15, 0.2) is 45.0 Å². The molecule has 6 heteroatoms. The Morgan fingerprint density at radius 2 is 1.44 bits per heavy atom. The second kappa shape index (κ2) is 4.88. The molecule has 0 aliphatic heterocycles. The Morgan fingerprint density at radius 1 is 0.722 bits per heavy atom. The lowest BCUT2D eigenvalue weighted by atomic mass is 10.1.